The number of benzene rings is 4. The van der Waals surface area contributed by atoms with E-state index < -0.39 is 54.6 Å². The molecule has 9 nitrogen and oxygen atoms in total. The molecule has 1 fully saturated rings. The van der Waals surface area contributed by atoms with Gasteiger partial charge in [0.1, 0.15) is 12.7 Å². The molecule has 0 spiro atoms. The van der Waals surface area contributed by atoms with Gasteiger partial charge >= 0.3 is 23.9 Å². The molecule has 0 N–H and O–H groups in total. The highest BCUT2D eigenvalue weighted by atomic mass is 16.8. The Labute approximate surface area is 260 Å². The predicted molar refractivity (Wildman–Crippen MR) is 162 cm³/mol. The van der Waals surface area contributed by atoms with E-state index in [0.29, 0.717) is 0 Å². The molecule has 1 saturated heterocycles. The SMILES string of the molecule is C=CC[C@]1(OC(=O)c2ccccc2)C(OC(=O)c2ccccc2)OC(COC(=O)c2ccccc2)[C@H]1OC(=O)c1ccccc1. The lowest BCUT2D eigenvalue weighted by atomic mass is 9.90. The summed E-state index contributed by atoms with van der Waals surface area (Å²) < 4.78 is 29.7. The van der Waals surface area contributed by atoms with Crippen molar-refractivity contribution >= 4 is 23.9 Å². The van der Waals surface area contributed by atoms with E-state index in [0.717, 1.165) is 0 Å². The van der Waals surface area contributed by atoms with Gasteiger partial charge in [0.2, 0.25) is 11.9 Å². The van der Waals surface area contributed by atoms with Gasteiger partial charge in [-0.25, -0.2) is 19.2 Å². The molecule has 2 unspecified atom stereocenters. The Hall–Kier alpha value is -5.54. The van der Waals surface area contributed by atoms with Crippen molar-refractivity contribution in [3.05, 3.63) is 156 Å². The van der Waals surface area contributed by atoms with Crippen LogP contribution in [0.25, 0.3) is 0 Å². The molecule has 228 valence electrons. The molecule has 0 amide bonds. The molecule has 4 atom stereocenters. The van der Waals surface area contributed by atoms with Crippen LogP contribution in [0.4, 0.5) is 0 Å². The maximum Gasteiger partial charge on any atom is 0.340 e. The molecule has 0 saturated carbocycles. The van der Waals surface area contributed by atoms with E-state index in [9.17, 15) is 19.2 Å². The lowest BCUT2D eigenvalue weighted by Gasteiger charge is -2.36. The number of ether oxygens (including phenoxy) is 5. The lowest BCUT2D eigenvalue weighted by Crippen LogP contribution is -2.55. The summed E-state index contributed by atoms with van der Waals surface area (Å²) in [5, 5.41) is 0. The number of esters is 4. The number of hydrogen-bond donors (Lipinski definition) is 0. The van der Waals surface area contributed by atoms with Crippen LogP contribution in [0.1, 0.15) is 47.9 Å². The third-order valence-electron chi connectivity index (χ3n) is 7.13. The topological polar surface area (TPSA) is 114 Å². The smallest absolute Gasteiger partial charge is 0.340 e. The maximum atomic E-state index is 13.6. The third kappa shape index (κ3) is 7.17. The largest absolute Gasteiger partial charge is 0.459 e. The van der Waals surface area contributed by atoms with Gasteiger partial charge in [-0.05, 0) is 48.5 Å². The van der Waals surface area contributed by atoms with E-state index in [1.807, 2.05) is 0 Å². The molecule has 1 aliphatic heterocycles. The molecule has 9 heteroatoms. The molecule has 1 aliphatic rings. The highest BCUT2D eigenvalue weighted by molar-refractivity contribution is 5.92. The van der Waals surface area contributed by atoms with E-state index in [4.69, 9.17) is 23.7 Å². The third-order valence-corrected chi connectivity index (χ3v) is 7.13. The molecule has 0 bridgehead atoms. The first-order valence-corrected chi connectivity index (χ1v) is 14.2. The summed E-state index contributed by atoms with van der Waals surface area (Å²) in [6.07, 6.45) is -2.94. The first kappa shape index (κ1) is 30.9. The predicted octanol–water partition coefficient (Wildman–Crippen LogP) is 5.82. The van der Waals surface area contributed by atoms with E-state index in [-0.39, 0.29) is 28.7 Å². The Morgan fingerprint density at radius 3 is 1.51 bits per heavy atom. The standard InChI is InChI=1S/C36H30O9/c1-2-23-36(45-34(40)28-21-13-6-14-22-28)30(43-32(38)26-17-9-4-10-18-26)29(24-41-31(37)25-15-7-3-8-16-25)42-35(36)44-33(39)27-19-11-5-12-20-27/h2-22,29-30,35H,1,23-24H2/t29?,30-,35?,36-/m1/s1. The Balaban J connectivity index is 1.54. The van der Waals surface area contributed by atoms with Crippen molar-refractivity contribution in [2.75, 3.05) is 6.61 Å². The van der Waals surface area contributed by atoms with Crippen LogP contribution in [0.3, 0.4) is 0 Å². The second-order valence-corrected chi connectivity index (χ2v) is 10.1. The Morgan fingerprint density at radius 1 is 0.622 bits per heavy atom. The average molecular weight is 607 g/mol. The maximum absolute atomic E-state index is 13.6. The fourth-order valence-corrected chi connectivity index (χ4v) is 4.93. The minimum atomic E-state index is -1.92. The van der Waals surface area contributed by atoms with Crippen LogP contribution in [0, 0.1) is 0 Å². The number of hydrogen-bond acceptors (Lipinski definition) is 9. The molecule has 0 aromatic heterocycles. The van der Waals surface area contributed by atoms with E-state index in [1.54, 1.807) is 121 Å². The van der Waals surface area contributed by atoms with Crippen molar-refractivity contribution in [2.45, 2.75) is 30.5 Å². The van der Waals surface area contributed by atoms with E-state index in [1.165, 1.54) is 6.08 Å². The molecule has 1 heterocycles. The van der Waals surface area contributed by atoms with Gasteiger partial charge in [0.15, 0.2) is 6.10 Å². The van der Waals surface area contributed by atoms with Crippen molar-refractivity contribution in [1.29, 1.82) is 0 Å². The second kappa shape index (κ2) is 14.3. The van der Waals surface area contributed by atoms with Crippen LogP contribution in [0.15, 0.2) is 134 Å². The molecule has 4 aromatic carbocycles. The van der Waals surface area contributed by atoms with Crippen LogP contribution in [0.5, 0.6) is 0 Å². The summed E-state index contributed by atoms with van der Waals surface area (Å²) in [5.41, 5.74) is -1.02. The zero-order chi connectivity index (χ0) is 31.6. The summed E-state index contributed by atoms with van der Waals surface area (Å²) in [6.45, 7) is 3.39. The van der Waals surface area contributed by atoms with Crippen molar-refractivity contribution in [1.82, 2.24) is 0 Å². The minimum absolute atomic E-state index is 0.159. The number of carbonyl (C=O) groups is 4. The summed E-state index contributed by atoms with van der Waals surface area (Å²) in [6, 6.07) is 32.8. The Bertz CT molecular complexity index is 1620. The van der Waals surface area contributed by atoms with Crippen LogP contribution in [0.2, 0.25) is 0 Å². The molecule has 5 rings (SSSR count). The van der Waals surface area contributed by atoms with Crippen LogP contribution >= 0.6 is 0 Å². The van der Waals surface area contributed by atoms with Gasteiger partial charge in [0, 0.05) is 6.42 Å². The fourth-order valence-electron chi connectivity index (χ4n) is 4.93. The van der Waals surface area contributed by atoms with E-state index >= 15 is 0 Å². The first-order valence-electron chi connectivity index (χ1n) is 14.2. The molecule has 4 aromatic rings. The van der Waals surface area contributed by atoms with Gasteiger partial charge in [-0.1, -0.05) is 78.9 Å². The molecular weight excluding hydrogens is 576 g/mol. The van der Waals surface area contributed by atoms with Gasteiger partial charge in [-0.15, -0.1) is 6.58 Å². The zero-order valence-corrected chi connectivity index (χ0v) is 24.2. The van der Waals surface area contributed by atoms with Gasteiger partial charge < -0.3 is 23.7 Å². The number of rotatable bonds is 11. The summed E-state index contributed by atoms with van der Waals surface area (Å²) >= 11 is 0. The van der Waals surface area contributed by atoms with Crippen molar-refractivity contribution in [3.63, 3.8) is 0 Å². The van der Waals surface area contributed by atoms with Gasteiger partial charge in [-0.3, -0.25) is 0 Å². The first-order chi connectivity index (χ1) is 21.9. The highest BCUT2D eigenvalue weighted by Crippen LogP contribution is 2.42. The normalized spacial score (nSPS) is 20.4. The molecular formula is C36H30O9. The zero-order valence-electron chi connectivity index (χ0n) is 24.2. The Morgan fingerprint density at radius 2 is 1.04 bits per heavy atom. The van der Waals surface area contributed by atoms with Gasteiger partial charge in [-0.2, -0.15) is 0 Å². The quantitative estimate of drug-likeness (QED) is 0.118. The average Bonchev–Trinajstić information content (AvgIpc) is 3.35. The van der Waals surface area contributed by atoms with Crippen LogP contribution in [-0.2, 0) is 23.7 Å². The molecule has 45 heavy (non-hydrogen) atoms. The molecule has 0 radical (unpaired) electrons. The number of carbonyl (C=O) groups excluding carboxylic acids is 4. The van der Waals surface area contributed by atoms with Crippen molar-refractivity contribution in [3.8, 4) is 0 Å². The highest BCUT2D eigenvalue weighted by Gasteiger charge is 2.64. The fraction of sp³-hybridized carbons (Fsp3) is 0.167. The van der Waals surface area contributed by atoms with Gasteiger partial charge in [0.25, 0.3) is 0 Å². The Kier molecular flexibility index (Phi) is 9.81. The summed E-state index contributed by atoms with van der Waals surface area (Å²) in [7, 11) is 0. The van der Waals surface area contributed by atoms with Crippen LogP contribution in [-0.4, -0.2) is 54.6 Å². The summed E-state index contributed by atoms with van der Waals surface area (Å²) in [5.74, 6) is -2.99. The molecule has 0 aliphatic carbocycles. The van der Waals surface area contributed by atoms with Crippen LogP contribution < -0.4 is 0 Å². The van der Waals surface area contributed by atoms with Crippen molar-refractivity contribution < 1.29 is 42.9 Å². The van der Waals surface area contributed by atoms with Crippen molar-refractivity contribution in [2.24, 2.45) is 0 Å². The second-order valence-electron chi connectivity index (χ2n) is 10.1. The lowest BCUT2D eigenvalue weighted by molar-refractivity contribution is -0.180. The minimum Gasteiger partial charge on any atom is -0.459 e. The van der Waals surface area contributed by atoms with E-state index in [2.05, 4.69) is 6.58 Å². The monoisotopic (exact) mass is 606 g/mol. The summed E-state index contributed by atoms with van der Waals surface area (Å²) in [4.78, 5) is 53.2. The van der Waals surface area contributed by atoms with Gasteiger partial charge in [0.05, 0.1) is 22.3 Å².